The van der Waals surface area contributed by atoms with Crippen LogP contribution in [0.25, 0.3) is 22.2 Å². The Bertz CT molecular complexity index is 1230. The zero-order valence-electron chi connectivity index (χ0n) is 17.6. The minimum absolute atomic E-state index is 0.167. The van der Waals surface area contributed by atoms with Crippen LogP contribution in [0.2, 0.25) is 0 Å². The molecule has 1 aliphatic heterocycles. The van der Waals surface area contributed by atoms with Crippen molar-refractivity contribution in [1.82, 2.24) is 14.4 Å². The maximum atomic E-state index is 13.5. The molecule has 170 valence electrons. The lowest BCUT2D eigenvalue weighted by Crippen LogP contribution is -2.40. The molecule has 2 aromatic heterocycles. The first-order valence-corrected chi connectivity index (χ1v) is 12.4. The Labute approximate surface area is 189 Å². The number of aromatic nitrogens is 2. The van der Waals surface area contributed by atoms with Gasteiger partial charge in [0.15, 0.2) is 0 Å². The van der Waals surface area contributed by atoms with Gasteiger partial charge in [-0.2, -0.15) is 9.29 Å². The van der Waals surface area contributed by atoms with Crippen LogP contribution in [0.15, 0.2) is 39.8 Å². The Morgan fingerprint density at radius 1 is 1.31 bits per heavy atom. The standard InChI is InChI=1S/C21H22FN3O5S2/c1-3-29-21(26)14-7-9-25(10-8-14)32(27,28)18-12-17(31-13(18)2)20-23-19(24-30-20)15-5-4-6-16(22)11-15/h4-6,11-12,14H,3,7-10H2,1-2H3. The van der Waals surface area contributed by atoms with E-state index in [9.17, 15) is 17.6 Å². The molecule has 1 fully saturated rings. The SMILES string of the molecule is CCOC(=O)C1CCN(S(=O)(=O)c2cc(-c3nc(-c4cccc(F)c4)no3)sc2C)CC1. The topological polar surface area (TPSA) is 103 Å². The first-order chi connectivity index (χ1) is 15.3. The number of hydrogen-bond donors (Lipinski definition) is 0. The number of sulfonamides is 1. The molecule has 1 aromatic carbocycles. The van der Waals surface area contributed by atoms with Gasteiger partial charge in [0.25, 0.3) is 5.89 Å². The number of piperidine rings is 1. The molecule has 32 heavy (non-hydrogen) atoms. The summed E-state index contributed by atoms with van der Waals surface area (Å²) in [5.74, 6) is -0.582. The Morgan fingerprint density at radius 3 is 2.75 bits per heavy atom. The summed E-state index contributed by atoms with van der Waals surface area (Å²) in [4.78, 5) is 17.5. The fraction of sp³-hybridized carbons (Fsp3) is 0.381. The van der Waals surface area contributed by atoms with Gasteiger partial charge in [-0.05, 0) is 44.9 Å². The third-order valence-electron chi connectivity index (χ3n) is 5.28. The molecule has 0 amide bonds. The molecule has 3 heterocycles. The predicted octanol–water partition coefficient (Wildman–Crippen LogP) is 3.88. The largest absolute Gasteiger partial charge is 0.466 e. The molecule has 0 spiro atoms. The molecule has 8 nitrogen and oxygen atoms in total. The van der Waals surface area contributed by atoms with Crippen molar-refractivity contribution in [1.29, 1.82) is 0 Å². The molecule has 0 saturated carbocycles. The van der Waals surface area contributed by atoms with Crippen molar-refractivity contribution < 1.29 is 26.9 Å². The van der Waals surface area contributed by atoms with Crippen LogP contribution in [0.4, 0.5) is 4.39 Å². The summed E-state index contributed by atoms with van der Waals surface area (Å²) in [5.41, 5.74) is 0.464. The minimum Gasteiger partial charge on any atom is -0.466 e. The van der Waals surface area contributed by atoms with E-state index in [0.29, 0.717) is 34.8 Å². The molecule has 3 aromatic rings. The molecule has 0 bridgehead atoms. The van der Waals surface area contributed by atoms with E-state index in [1.165, 1.54) is 33.8 Å². The Hall–Kier alpha value is -2.63. The number of benzene rings is 1. The lowest BCUT2D eigenvalue weighted by Gasteiger charge is -2.30. The molecule has 0 unspecified atom stereocenters. The third kappa shape index (κ3) is 4.45. The molecule has 1 aliphatic rings. The van der Waals surface area contributed by atoms with Gasteiger partial charge in [0.05, 0.1) is 22.3 Å². The highest BCUT2D eigenvalue weighted by Gasteiger charge is 2.34. The number of carbonyl (C=O) groups excluding carboxylic acids is 1. The van der Waals surface area contributed by atoms with Crippen molar-refractivity contribution in [3.63, 3.8) is 0 Å². The highest BCUT2D eigenvalue weighted by atomic mass is 32.2. The van der Waals surface area contributed by atoms with Crippen LogP contribution in [0.5, 0.6) is 0 Å². The van der Waals surface area contributed by atoms with Crippen LogP contribution in [0.1, 0.15) is 24.6 Å². The van der Waals surface area contributed by atoms with Gasteiger partial charge in [0.1, 0.15) is 5.82 Å². The highest BCUT2D eigenvalue weighted by Crippen LogP contribution is 2.36. The van der Waals surface area contributed by atoms with Gasteiger partial charge in [-0.3, -0.25) is 4.79 Å². The summed E-state index contributed by atoms with van der Waals surface area (Å²) < 4.78 is 51.7. The highest BCUT2D eigenvalue weighted by molar-refractivity contribution is 7.89. The molecule has 0 N–H and O–H groups in total. The van der Waals surface area contributed by atoms with Gasteiger partial charge >= 0.3 is 5.97 Å². The lowest BCUT2D eigenvalue weighted by atomic mass is 9.98. The quantitative estimate of drug-likeness (QED) is 0.495. The second kappa shape index (κ2) is 9.08. The predicted molar refractivity (Wildman–Crippen MR) is 116 cm³/mol. The number of halogens is 1. The van der Waals surface area contributed by atoms with Crippen LogP contribution < -0.4 is 0 Å². The molecule has 4 rings (SSSR count). The average Bonchev–Trinajstić information content (AvgIpc) is 3.41. The maximum absolute atomic E-state index is 13.5. The molecular weight excluding hydrogens is 457 g/mol. The van der Waals surface area contributed by atoms with E-state index in [2.05, 4.69) is 10.1 Å². The Morgan fingerprint density at radius 2 is 2.06 bits per heavy atom. The number of hydrogen-bond acceptors (Lipinski definition) is 8. The lowest BCUT2D eigenvalue weighted by molar-refractivity contribution is -0.149. The zero-order valence-corrected chi connectivity index (χ0v) is 19.2. The zero-order chi connectivity index (χ0) is 22.9. The summed E-state index contributed by atoms with van der Waals surface area (Å²) in [6.07, 6.45) is 0.851. The van der Waals surface area contributed by atoms with Crippen LogP contribution >= 0.6 is 11.3 Å². The summed E-state index contributed by atoms with van der Waals surface area (Å²) in [5, 5.41) is 3.89. The van der Waals surface area contributed by atoms with Crippen molar-refractivity contribution in [2.45, 2.75) is 31.6 Å². The number of aryl methyl sites for hydroxylation is 1. The fourth-order valence-electron chi connectivity index (χ4n) is 3.63. The van der Waals surface area contributed by atoms with Crippen molar-refractivity contribution in [2.24, 2.45) is 5.92 Å². The molecule has 1 saturated heterocycles. The first kappa shape index (κ1) is 22.6. The second-order valence-electron chi connectivity index (χ2n) is 7.39. The Kier molecular flexibility index (Phi) is 6.40. The van der Waals surface area contributed by atoms with Crippen molar-refractivity contribution in [3.05, 3.63) is 41.0 Å². The third-order valence-corrected chi connectivity index (χ3v) is 8.48. The number of carbonyl (C=O) groups is 1. The monoisotopic (exact) mass is 479 g/mol. The number of nitrogens with zero attached hydrogens (tertiary/aromatic N) is 3. The molecular formula is C21H22FN3O5S2. The average molecular weight is 480 g/mol. The van der Waals surface area contributed by atoms with E-state index < -0.39 is 15.8 Å². The van der Waals surface area contributed by atoms with E-state index in [4.69, 9.17) is 9.26 Å². The van der Waals surface area contributed by atoms with E-state index >= 15 is 0 Å². The smallest absolute Gasteiger partial charge is 0.309 e. The number of rotatable bonds is 6. The van der Waals surface area contributed by atoms with E-state index in [-0.39, 0.29) is 41.6 Å². The number of thiophene rings is 1. The van der Waals surface area contributed by atoms with Gasteiger partial charge in [-0.15, -0.1) is 11.3 Å². The van der Waals surface area contributed by atoms with Crippen molar-refractivity contribution in [3.8, 4) is 22.2 Å². The Balaban J connectivity index is 1.53. The normalized spacial score (nSPS) is 15.7. The summed E-state index contributed by atoms with van der Waals surface area (Å²) in [6, 6.07) is 7.35. The van der Waals surface area contributed by atoms with E-state index in [1.807, 2.05) is 0 Å². The fourth-order valence-corrected chi connectivity index (χ4v) is 6.58. The van der Waals surface area contributed by atoms with Gasteiger partial charge in [0, 0.05) is 23.5 Å². The number of ether oxygens (including phenoxy) is 1. The van der Waals surface area contributed by atoms with Crippen LogP contribution in [0, 0.1) is 18.7 Å². The summed E-state index contributed by atoms with van der Waals surface area (Å²) in [6.45, 7) is 4.28. The van der Waals surface area contributed by atoms with Crippen LogP contribution in [-0.2, 0) is 19.6 Å². The molecule has 0 atom stereocenters. The first-order valence-electron chi connectivity index (χ1n) is 10.2. The van der Waals surface area contributed by atoms with Gasteiger partial charge in [-0.25, -0.2) is 12.8 Å². The summed E-state index contributed by atoms with van der Waals surface area (Å²) in [7, 11) is -3.74. The van der Waals surface area contributed by atoms with Crippen molar-refractivity contribution in [2.75, 3.05) is 19.7 Å². The van der Waals surface area contributed by atoms with E-state index in [0.717, 1.165) is 0 Å². The van der Waals surface area contributed by atoms with Gasteiger partial charge in [0.2, 0.25) is 15.8 Å². The van der Waals surface area contributed by atoms with Crippen LogP contribution in [-0.4, -0.2) is 48.5 Å². The molecule has 11 heteroatoms. The molecule has 0 aliphatic carbocycles. The van der Waals surface area contributed by atoms with Gasteiger partial charge in [-0.1, -0.05) is 17.3 Å². The summed E-state index contributed by atoms with van der Waals surface area (Å²) >= 11 is 1.23. The van der Waals surface area contributed by atoms with Gasteiger partial charge < -0.3 is 9.26 Å². The minimum atomic E-state index is -3.74. The second-order valence-corrected chi connectivity index (χ2v) is 10.6. The van der Waals surface area contributed by atoms with E-state index in [1.54, 1.807) is 26.0 Å². The molecule has 0 radical (unpaired) electrons. The maximum Gasteiger partial charge on any atom is 0.309 e. The van der Waals surface area contributed by atoms with Crippen LogP contribution in [0.3, 0.4) is 0 Å². The van der Waals surface area contributed by atoms with Crippen molar-refractivity contribution >= 4 is 27.3 Å². The number of esters is 1.